The summed E-state index contributed by atoms with van der Waals surface area (Å²) >= 11 is 0. The molecule has 1 atom stereocenters. The number of aliphatic hydroxyl groups excluding tert-OH is 1. The van der Waals surface area contributed by atoms with Gasteiger partial charge in [-0.2, -0.15) is 0 Å². The van der Waals surface area contributed by atoms with E-state index in [4.69, 9.17) is 9.47 Å². The molecule has 0 aliphatic carbocycles. The number of allylic oxidation sites excluding steroid dienone is 18. The van der Waals surface area contributed by atoms with E-state index in [1.54, 1.807) is 0 Å². The number of hydrogen-bond donors (Lipinski definition) is 1. The van der Waals surface area contributed by atoms with Crippen LogP contribution in [0.4, 0.5) is 0 Å². The van der Waals surface area contributed by atoms with Gasteiger partial charge in [-0.1, -0.05) is 386 Å². The molecule has 0 rings (SSSR count). The maximum absolute atomic E-state index is 12.4. The molecule has 0 aromatic carbocycles. The van der Waals surface area contributed by atoms with Gasteiger partial charge in [0.05, 0.1) is 6.61 Å². The van der Waals surface area contributed by atoms with Crippen molar-refractivity contribution in [3.63, 3.8) is 0 Å². The molecule has 86 heavy (non-hydrogen) atoms. The lowest BCUT2D eigenvalue weighted by molar-refractivity contribution is -0.161. The summed E-state index contributed by atoms with van der Waals surface area (Å²) in [6, 6.07) is 0. The molecule has 0 saturated heterocycles. The molecule has 0 saturated carbocycles. The van der Waals surface area contributed by atoms with Crippen molar-refractivity contribution in [3.05, 3.63) is 109 Å². The number of carbonyl (C=O) groups is 2. The zero-order valence-electron chi connectivity index (χ0n) is 57.1. The fourth-order valence-corrected chi connectivity index (χ4v) is 11.0. The quantitative estimate of drug-likeness (QED) is 0.0373. The Balaban J connectivity index is 3.47. The van der Waals surface area contributed by atoms with Crippen LogP contribution in [0.5, 0.6) is 0 Å². The van der Waals surface area contributed by atoms with Gasteiger partial charge in [0.1, 0.15) is 6.61 Å². The second-order valence-electron chi connectivity index (χ2n) is 25.0. The summed E-state index contributed by atoms with van der Waals surface area (Å²) in [6.45, 7) is 4.07. The number of hydrogen-bond acceptors (Lipinski definition) is 5. The summed E-state index contributed by atoms with van der Waals surface area (Å²) in [4.78, 5) is 24.7. The van der Waals surface area contributed by atoms with Crippen LogP contribution in [0.2, 0.25) is 0 Å². The molecule has 1 unspecified atom stereocenters. The van der Waals surface area contributed by atoms with Gasteiger partial charge in [-0.3, -0.25) is 9.59 Å². The molecule has 5 nitrogen and oxygen atoms in total. The van der Waals surface area contributed by atoms with Crippen LogP contribution >= 0.6 is 0 Å². The molecule has 1 N–H and O–H groups in total. The number of unbranched alkanes of at least 4 members (excludes halogenated alkanes) is 43. The van der Waals surface area contributed by atoms with Gasteiger partial charge in [-0.15, -0.1) is 0 Å². The van der Waals surface area contributed by atoms with E-state index < -0.39 is 6.10 Å². The molecule has 0 aromatic rings. The standard InChI is InChI=1S/C81H142O5/c1-3-5-7-9-11-13-15-17-19-21-23-25-27-29-31-33-35-37-38-39-40-41-42-44-46-48-50-52-54-56-58-60-62-64-66-68-70-72-74-76-81(84)86-79(77-82)78-85-80(83)75-73-71-69-67-65-63-61-59-57-55-53-51-49-47-45-43-36-34-32-30-28-26-24-22-20-18-16-14-12-10-8-6-4-2/h5,7,11,13,17,19,23,25,29,31,35,37,39-40,42,44,48,50,79,82H,3-4,6,8-10,12,14-16,18,20-22,24,26-28,30,32-34,36,38,41,43,45-47,49,51-78H2,1-2H3/b7-5-,13-11-,19-17-,25-23-,31-29-,37-35-,40-39-,44-42-,50-48-. The molecule has 5 heteroatoms. The smallest absolute Gasteiger partial charge is 0.306 e. The van der Waals surface area contributed by atoms with Gasteiger partial charge in [-0.05, 0) is 83.5 Å². The Morgan fingerprint density at radius 1 is 0.279 bits per heavy atom. The highest BCUT2D eigenvalue weighted by Gasteiger charge is 2.16. The Labute approximate surface area is 535 Å². The minimum atomic E-state index is -0.779. The van der Waals surface area contributed by atoms with E-state index in [-0.39, 0.29) is 25.2 Å². The van der Waals surface area contributed by atoms with Crippen LogP contribution in [-0.4, -0.2) is 36.4 Å². The average Bonchev–Trinajstić information content (AvgIpc) is 3.55. The zero-order valence-corrected chi connectivity index (χ0v) is 57.1. The molecule has 0 amide bonds. The summed E-state index contributed by atoms with van der Waals surface area (Å²) in [5, 5.41) is 9.72. The van der Waals surface area contributed by atoms with Crippen LogP contribution in [0.15, 0.2) is 109 Å². The lowest BCUT2D eigenvalue weighted by atomic mass is 10.0. The van der Waals surface area contributed by atoms with E-state index in [0.29, 0.717) is 12.8 Å². The number of aliphatic hydroxyl groups is 1. The first-order valence-electron chi connectivity index (χ1n) is 37.4. The van der Waals surface area contributed by atoms with E-state index in [2.05, 4.69) is 123 Å². The van der Waals surface area contributed by atoms with Gasteiger partial charge < -0.3 is 14.6 Å². The first kappa shape index (κ1) is 82.6. The zero-order chi connectivity index (χ0) is 61.9. The minimum Gasteiger partial charge on any atom is -0.462 e. The van der Waals surface area contributed by atoms with Gasteiger partial charge in [-0.25, -0.2) is 0 Å². The van der Waals surface area contributed by atoms with Crippen LogP contribution < -0.4 is 0 Å². The van der Waals surface area contributed by atoms with Crippen molar-refractivity contribution < 1.29 is 24.2 Å². The Kier molecular flexibility index (Phi) is 72.8. The molecule has 0 spiro atoms. The average molecular weight is 1200 g/mol. The summed E-state index contributed by atoms with van der Waals surface area (Å²) in [5.41, 5.74) is 0. The van der Waals surface area contributed by atoms with Crippen molar-refractivity contribution in [1.29, 1.82) is 0 Å². The normalized spacial score (nSPS) is 12.8. The van der Waals surface area contributed by atoms with Crippen molar-refractivity contribution in [2.45, 2.75) is 380 Å². The molecule has 496 valence electrons. The second-order valence-corrected chi connectivity index (χ2v) is 25.0. The van der Waals surface area contributed by atoms with Crippen LogP contribution in [0.1, 0.15) is 373 Å². The van der Waals surface area contributed by atoms with Gasteiger partial charge in [0, 0.05) is 12.8 Å². The highest BCUT2D eigenvalue weighted by molar-refractivity contribution is 5.70. The van der Waals surface area contributed by atoms with Gasteiger partial charge in [0.15, 0.2) is 6.10 Å². The first-order chi connectivity index (χ1) is 42.6. The summed E-state index contributed by atoms with van der Waals surface area (Å²) in [6.07, 6.45) is 110. The third kappa shape index (κ3) is 73.0. The summed E-state index contributed by atoms with van der Waals surface area (Å²) < 4.78 is 10.8. The van der Waals surface area contributed by atoms with E-state index >= 15 is 0 Å². The maximum Gasteiger partial charge on any atom is 0.306 e. The van der Waals surface area contributed by atoms with Gasteiger partial charge in [0.2, 0.25) is 0 Å². The summed E-state index contributed by atoms with van der Waals surface area (Å²) in [5.74, 6) is -0.581. The van der Waals surface area contributed by atoms with Crippen molar-refractivity contribution >= 4 is 11.9 Å². The third-order valence-electron chi connectivity index (χ3n) is 16.6. The van der Waals surface area contributed by atoms with E-state index in [0.717, 1.165) is 96.3 Å². The molecule has 0 aliphatic rings. The van der Waals surface area contributed by atoms with Crippen molar-refractivity contribution in [3.8, 4) is 0 Å². The van der Waals surface area contributed by atoms with Crippen LogP contribution in [0.25, 0.3) is 0 Å². The monoisotopic (exact) mass is 1200 g/mol. The third-order valence-corrected chi connectivity index (χ3v) is 16.6. The van der Waals surface area contributed by atoms with Gasteiger partial charge >= 0.3 is 11.9 Å². The molecule has 0 fully saturated rings. The Hall–Kier alpha value is -3.44. The fraction of sp³-hybridized carbons (Fsp3) is 0.753. The van der Waals surface area contributed by atoms with E-state index in [9.17, 15) is 14.7 Å². The van der Waals surface area contributed by atoms with Crippen LogP contribution in [0.3, 0.4) is 0 Å². The fourth-order valence-electron chi connectivity index (χ4n) is 11.0. The van der Waals surface area contributed by atoms with Crippen molar-refractivity contribution in [2.24, 2.45) is 0 Å². The SMILES string of the molecule is CC/C=C\C/C=C\C/C=C\C/C=C\C/C=C\C/C=C\C/C=C\C/C=C\C/C=C\CCCCCCCCCCCCCC(=O)OC(CO)COC(=O)CCCCCCCCCCCCCCCCCCCCCCCCCCCCCCCCCCC. The molecular weight excluding hydrogens is 1050 g/mol. The number of esters is 2. The first-order valence-corrected chi connectivity index (χ1v) is 37.4. The van der Waals surface area contributed by atoms with Crippen LogP contribution in [0, 0.1) is 0 Å². The number of ether oxygens (including phenoxy) is 2. The highest BCUT2D eigenvalue weighted by Crippen LogP contribution is 2.19. The van der Waals surface area contributed by atoms with Crippen molar-refractivity contribution in [2.75, 3.05) is 13.2 Å². The topological polar surface area (TPSA) is 72.8 Å². The number of carbonyl (C=O) groups excluding carboxylic acids is 2. The predicted octanol–water partition coefficient (Wildman–Crippen LogP) is 26.3. The lowest BCUT2D eigenvalue weighted by Gasteiger charge is -2.15. The highest BCUT2D eigenvalue weighted by atomic mass is 16.6. The predicted molar refractivity (Wildman–Crippen MR) is 380 cm³/mol. The Morgan fingerprint density at radius 3 is 0.756 bits per heavy atom. The minimum absolute atomic E-state index is 0.0671. The van der Waals surface area contributed by atoms with Crippen LogP contribution in [-0.2, 0) is 19.1 Å². The summed E-state index contributed by atoms with van der Waals surface area (Å²) in [7, 11) is 0. The van der Waals surface area contributed by atoms with Gasteiger partial charge in [0.25, 0.3) is 0 Å². The molecule has 0 bridgehead atoms. The largest absolute Gasteiger partial charge is 0.462 e. The lowest BCUT2D eigenvalue weighted by Crippen LogP contribution is -2.28. The molecule has 0 aromatic heterocycles. The number of rotatable bonds is 69. The molecule has 0 heterocycles. The molecule has 0 aliphatic heterocycles. The van der Waals surface area contributed by atoms with Crippen molar-refractivity contribution in [1.82, 2.24) is 0 Å². The second kappa shape index (κ2) is 75.8. The Morgan fingerprint density at radius 2 is 0.500 bits per heavy atom. The molecule has 0 radical (unpaired) electrons. The Bertz CT molecular complexity index is 1640. The molecular formula is C81H142O5. The maximum atomic E-state index is 12.4. The van der Waals surface area contributed by atoms with E-state index in [1.165, 1.54) is 250 Å². The van der Waals surface area contributed by atoms with E-state index in [1.807, 2.05) is 0 Å².